The lowest BCUT2D eigenvalue weighted by atomic mass is 10.1. The molecule has 0 radical (unpaired) electrons. The molecule has 0 aliphatic carbocycles. The van der Waals surface area contributed by atoms with Crippen LogP contribution in [0.4, 0.5) is 0 Å². The van der Waals surface area contributed by atoms with Gasteiger partial charge in [0.1, 0.15) is 17.5 Å². The second-order valence-corrected chi connectivity index (χ2v) is 2.91. The second kappa shape index (κ2) is 5.25. The predicted molar refractivity (Wildman–Crippen MR) is 58.4 cm³/mol. The molecular weight excluding hydrogens is 192 g/mol. The molecule has 4 nitrogen and oxygen atoms in total. The van der Waals surface area contributed by atoms with Crippen molar-refractivity contribution in [3.05, 3.63) is 23.8 Å². The van der Waals surface area contributed by atoms with Crippen LogP contribution in [-0.4, -0.2) is 14.2 Å². The van der Waals surface area contributed by atoms with Gasteiger partial charge in [-0.2, -0.15) is 0 Å². The van der Waals surface area contributed by atoms with Gasteiger partial charge in [0.15, 0.2) is 0 Å². The number of rotatable bonds is 4. The van der Waals surface area contributed by atoms with Crippen molar-refractivity contribution in [3.8, 4) is 23.8 Å². The summed E-state index contributed by atoms with van der Waals surface area (Å²) < 4.78 is 10.2. The van der Waals surface area contributed by atoms with Crippen molar-refractivity contribution in [3.63, 3.8) is 0 Å². The molecule has 0 fully saturated rings. The van der Waals surface area contributed by atoms with Gasteiger partial charge in [0.05, 0.1) is 14.2 Å². The Hall–Kier alpha value is -1.70. The number of hydrogen-bond acceptors (Lipinski definition) is 4. The summed E-state index contributed by atoms with van der Waals surface area (Å²) in [5.41, 5.74) is 3.35. The van der Waals surface area contributed by atoms with Crippen LogP contribution in [0.3, 0.4) is 0 Å². The lowest BCUT2D eigenvalue weighted by Crippen LogP contribution is -2.26. The second-order valence-electron chi connectivity index (χ2n) is 2.91. The van der Waals surface area contributed by atoms with E-state index in [0.717, 1.165) is 5.56 Å². The van der Waals surface area contributed by atoms with E-state index in [0.29, 0.717) is 11.5 Å². The minimum Gasteiger partial charge on any atom is -0.497 e. The van der Waals surface area contributed by atoms with Crippen LogP contribution in [-0.2, 0) is 0 Å². The number of methoxy groups -OCH3 is 2. The summed E-state index contributed by atoms with van der Waals surface area (Å²) in [5, 5.41) is 0. The lowest BCUT2D eigenvalue weighted by molar-refractivity contribution is 0.392. The van der Waals surface area contributed by atoms with Gasteiger partial charge in [0.25, 0.3) is 0 Å². The zero-order chi connectivity index (χ0) is 11.3. The number of ether oxygens (including phenoxy) is 2. The van der Waals surface area contributed by atoms with Crippen molar-refractivity contribution in [1.29, 1.82) is 0 Å². The van der Waals surface area contributed by atoms with Crippen molar-refractivity contribution < 1.29 is 9.47 Å². The van der Waals surface area contributed by atoms with Gasteiger partial charge in [-0.05, 0) is 17.7 Å². The SMILES string of the molecule is C#CC(NN)c1cc(OC)cc(OC)c1. The van der Waals surface area contributed by atoms with Gasteiger partial charge < -0.3 is 9.47 Å². The first-order chi connectivity index (χ1) is 7.24. The van der Waals surface area contributed by atoms with Gasteiger partial charge in [-0.25, -0.2) is 5.43 Å². The third kappa shape index (κ3) is 2.62. The summed E-state index contributed by atoms with van der Waals surface area (Å²) in [4.78, 5) is 0. The van der Waals surface area contributed by atoms with E-state index in [1.54, 1.807) is 20.3 Å². The zero-order valence-corrected chi connectivity index (χ0v) is 8.78. The normalized spacial score (nSPS) is 11.6. The molecule has 0 amide bonds. The first kappa shape index (κ1) is 11.4. The summed E-state index contributed by atoms with van der Waals surface area (Å²) in [5.74, 6) is 9.21. The van der Waals surface area contributed by atoms with Crippen LogP contribution < -0.4 is 20.7 Å². The van der Waals surface area contributed by atoms with Gasteiger partial charge in [-0.1, -0.05) is 5.92 Å². The van der Waals surface area contributed by atoms with Crippen LogP contribution in [0.5, 0.6) is 11.5 Å². The molecule has 3 N–H and O–H groups in total. The average molecular weight is 206 g/mol. The Kier molecular flexibility index (Phi) is 3.98. The molecule has 0 aliphatic heterocycles. The van der Waals surface area contributed by atoms with Gasteiger partial charge in [0, 0.05) is 6.07 Å². The third-order valence-electron chi connectivity index (χ3n) is 2.04. The molecule has 0 spiro atoms. The minimum absolute atomic E-state index is 0.353. The van der Waals surface area contributed by atoms with E-state index >= 15 is 0 Å². The van der Waals surface area contributed by atoms with Crippen LogP contribution in [0, 0.1) is 12.3 Å². The monoisotopic (exact) mass is 206 g/mol. The first-order valence-corrected chi connectivity index (χ1v) is 4.40. The van der Waals surface area contributed by atoms with Gasteiger partial charge in [0.2, 0.25) is 0 Å². The highest BCUT2D eigenvalue weighted by Gasteiger charge is 2.09. The highest BCUT2D eigenvalue weighted by molar-refractivity contribution is 5.41. The molecule has 0 saturated carbocycles. The maximum Gasteiger partial charge on any atom is 0.122 e. The van der Waals surface area contributed by atoms with Crippen LogP contribution in [0.25, 0.3) is 0 Å². The van der Waals surface area contributed by atoms with Crippen molar-refractivity contribution in [2.24, 2.45) is 5.84 Å². The molecule has 4 heteroatoms. The fourth-order valence-electron chi connectivity index (χ4n) is 1.24. The molecule has 0 bridgehead atoms. The third-order valence-corrected chi connectivity index (χ3v) is 2.04. The smallest absolute Gasteiger partial charge is 0.122 e. The van der Waals surface area contributed by atoms with Crippen LogP contribution in [0.15, 0.2) is 18.2 Å². The fraction of sp³-hybridized carbons (Fsp3) is 0.273. The molecule has 1 unspecified atom stereocenters. The average Bonchev–Trinajstić information content (AvgIpc) is 2.30. The summed E-state index contributed by atoms with van der Waals surface area (Å²) >= 11 is 0. The number of nitrogens with one attached hydrogen (secondary N) is 1. The molecule has 0 heterocycles. The standard InChI is InChI=1S/C11H14N2O2/c1-4-11(13-12)8-5-9(14-2)7-10(6-8)15-3/h1,5-7,11,13H,12H2,2-3H3. The summed E-state index contributed by atoms with van der Waals surface area (Å²) in [7, 11) is 3.17. The number of hydrogen-bond donors (Lipinski definition) is 2. The Morgan fingerprint density at radius 3 is 2.13 bits per heavy atom. The lowest BCUT2D eigenvalue weighted by Gasteiger charge is -2.12. The predicted octanol–water partition coefficient (Wildman–Crippen LogP) is 0.841. The molecule has 80 valence electrons. The largest absolute Gasteiger partial charge is 0.497 e. The van der Waals surface area contributed by atoms with Crippen molar-refractivity contribution in [1.82, 2.24) is 5.43 Å². The Balaban J connectivity index is 3.12. The Labute approximate surface area is 89.3 Å². The Morgan fingerprint density at radius 2 is 1.80 bits per heavy atom. The van der Waals surface area contributed by atoms with Gasteiger partial charge in [-0.15, -0.1) is 6.42 Å². The van der Waals surface area contributed by atoms with E-state index in [4.69, 9.17) is 21.7 Å². The van der Waals surface area contributed by atoms with Gasteiger partial charge >= 0.3 is 0 Å². The molecule has 1 atom stereocenters. The van der Waals surface area contributed by atoms with E-state index in [1.807, 2.05) is 12.1 Å². The number of terminal acetylenes is 1. The fourth-order valence-corrected chi connectivity index (χ4v) is 1.24. The van der Waals surface area contributed by atoms with Crippen LogP contribution >= 0.6 is 0 Å². The molecule has 1 aromatic carbocycles. The van der Waals surface area contributed by atoms with Crippen molar-refractivity contribution >= 4 is 0 Å². The number of benzene rings is 1. The molecule has 0 aliphatic rings. The molecule has 0 aromatic heterocycles. The van der Waals surface area contributed by atoms with Crippen LogP contribution in [0.1, 0.15) is 11.6 Å². The molecule has 1 rings (SSSR count). The van der Waals surface area contributed by atoms with E-state index in [9.17, 15) is 0 Å². The highest BCUT2D eigenvalue weighted by Crippen LogP contribution is 2.25. The van der Waals surface area contributed by atoms with Crippen LogP contribution in [0.2, 0.25) is 0 Å². The molecule has 0 saturated heterocycles. The Bertz CT molecular complexity index is 349. The molecule has 15 heavy (non-hydrogen) atoms. The minimum atomic E-state index is -0.353. The summed E-state index contributed by atoms with van der Waals surface area (Å²) in [6.07, 6.45) is 5.32. The van der Waals surface area contributed by atoms with Crippen molar-refractivity contribution in [2.45, 2.75) is 6.04 Å². The van der Waals surface area contributed by atoms with Crippen molar-refractivity contribution in [2.75, 3.05) is 14.2 Å². The van der Waals surface area contributed by atoms with E-state index < -0.39 is 0 Å². The van der Waals surface area contributed by atoms with Gasteiger partial charge in [-0.3, -0.25) is 5.84 Å². The topological polar surface area (TPSA) is 56.5 Å². The Morgan fingerprint density at radius 1 is 1.27 bits per heavy atom. The summed E-state index contributed by atoms with van der Waals surface area (Å²) in [6, 6.07) is 5.04. The first-order valence-electron chi connectivity index (χ1n) is 4.40. The molecular formula is C11H14N2O2. The highest BCUT2D eigenvalue weighted by atomic mass is 16.5. The maximum atomic E-state index is 5.32. The summed E-state index contributed by atoms with van der Waals surface area (Å²) in [6.45, 7) is 0. The number of hydrazine groups is 1. The maximum absolute atomic E-state index is 5.32. The zero-order valence-electron chi connectivity index (χ0n) is 8.78. The van der Waals surface area contributed by atoms with E-state index in [-0.39, 0.29) is 6.04 Å². The quantitative estimate of drug-likeness (QED) is 0.435. The van der Waals surface area contributed by atoms with E-state index in [1.165, 1.54) is 0 Å². The number of nitrogens with two attached hydrogens (primary N) is 1. The molecule has 1 aromatic rings. The van der Waals surface area contributed by atoms with E-state index in [2.05, 4.69) is 11.3 Å².